The second-order valence-corrected chi connectivity index (χ2v) is 3.43. The van der Waals surface area contributed by atoms with E-state index in [0.717, 1.165) is 6.54 Å². The molecule has 0 aromatic heterocycles. The van der Waals surface area contributed by atoms with Crippen LogP contribution in [0.2, 0.25) is 0 Å². The fourth-order valence-corrected chi connectivity index (χ4v) is 1.71. The molecular formula is C10H14N2. The Kier molecular flexibility index (Phi) is 1.77. The van der Waals surface area contributed by atoms with Gasteiger partial charge in [0.15, 0.2) is 0 Å². The van der Waals surface area contributed by atoms with Crippen molar-refractivity contribution in [2.24, 2.45) is 5.84 Å². The van der Waals surface area contributed by atoms with E-state index in [1.54, 1.807) is 0 Å². The molecule has 0 saturated carbocycles. The van der Waals surface area contributed by atoms with Gasteiger partial charge in [0.1, 0.15) is 0 Å². The lowest BCUT2D eigenvalue weighted by Crippen LogP contribution is -2.35. The van der Waals surface area contributed by atoms with Gasteiger partial charge < -0.3 is 5.01 Å². The Hall–Kier alpha value is -1.02. The summed E-state index contributed by atoms with van der Waals surface area (Å²) in [5, 5.41) is 1.85. The number of nitrogens with zero attached hydrogens (tertiary/aromatic N) is 1. The van der Waals surface area contributed by atoms with E-state index >= 15 is 0 Å². The number of hydrogen-bond donors (Lipinski definition) is 1. The van der Waals surface area contributed by atoms with E-state index in [9.17, 15) is 0 Å². The predicted molar refractivity (Wildman–Crippen MR) is 51.0 cm³/mol. The van der Waals surface area contributed by atoms with Crippen LogP contribution in [0.1, 0.15) is 17.5 Å². The smallest absolute Gasteiger partial charge is 0.0551 e. The Morgan fingerprint density at radius 1 is 1.42 bits per heavy atom. The van der Waals surface area contributed by atoms with Gasteiger partial charge in [0.05, 0.1) is 5.69 Å². The van der Waals surface area contributed by atoms with Gasteiger partial charge in [-0.3, -0.25) is 0 Å². The zero-order valence-electron chi connectivity index (χ0n) is 7.38. The van der Waals surface area contributed by atoms with Gasteiger partial charge in [-0.05, 0) is 37.0 Å². The van der Waals surface area contributed by atoms with Crippen molar-refractivity contribution >= 4 is 5.69 Å². The van der Waals surface area contributed by atoms with Crippen molar-refractivity contribution in [2.45, 2.75) is 19.8 Å². The minimum absolute atomic E-state index is 0.983. The van der Waals surface area contributed by atoms with Crippen molar-refractivity contribution in [3.63, 3.8) is 0 Å². The molecule has 2 N–H and O–H groups in total. The summed E-state index contributed by atoms with van der Waals surface area (Å²) in [6, 6.07) is 6.50. The van der Waals surface area contributed by atoms with E-state index in [1.807, 2.05) is 5.01 Å². The van der Waals surface area contributed by atoms with Crippen LogP contribution in [-0.4, -0.2) is 6.54 Å². The molecule has 2 nitrogen and oxygen atoms in total. The number of anilines is 1. The molecule has 2 heteroatoms. The van der Waals surface area contributed by atoms with Gasteiger partial charge in [-0.25, -0.2) is 5.84 Å². The van der Waals surface area contributed by atoms with Gasteiger partial charge >= 0.3 is 0 Å². The second kappa shape index (κ2) is 2.79. The second-order valence-electron chi connectivity index (χ2n) is 3.43. The Balaban J connectivity index is 2.47. The molecule has 0 spiro atoms. The standard InChI is InChI=1S/C10H14N2/c1-8-4-5-9-3-2-6-12(11)10(9)7-8/h4-5,7H,2-3,6,11H2,1H3. The molecule has 0 bridgehead atoms. The number of aryl methyl sites for hydroxylation is 2. The van der Waals surface area contributed by atoms with Gasteiger partial charge in [-0.2, -0.15) is 0 Å². The van der Waals surface area contributed by atoms with Crippen LogP contribution < -0.4 is 10.9 Å². The number of fused-ring (bicyclic) bond motifs is 1. The third-order valence-corrected chi connectivity index (χ3v) is 2.40. The van der Waals surface area contributed by atoms with E-state index in [1.165, 1.54) is 29.7 Å². The number of hydrazine groups is 1. The van der Waals surface area contributed by atoms with Crippen LogP contribution in [0, 0.1) is 6.92 Å². The van der Waals surface area contributed by atoms with Crippen molar-refractivity contribution in [2.75, 3.05) is 11.6 Å². The molecule has 0 aliphatic carbocycles. The monoisotopic (exact) mass is 162 g/mol. The summed E-state index contributed by atoms with van der Waals surface area (Å²) in [5.41, 5.74) is 3.88. The minimum atomic E-state index is 0.983. The molecule has 12 heavy (non-hydrogen) atoms. The molecule has 0 atom stereocenters. The summed E-state index contributed by atoms with van der Waals surface area (Å²) in [5.74, 6) is 5.85. The normalized spacial score (nSPS) is 16.0. The highest BCUT2D eigenvalue weighted by atomic mass is 15.4. The van der Waals surface area contributed by atoms with Crippen LogP contribution in [0.15, 0.2) is 18.2 Å². The number of hydrogen-bond acceptors (Lipinski definition) is 2. The number of rotatable bonds is 0. The van der Waals surface area contributed by atoms with Gasteiger partial charge in [0, 0.05) is 6.54 Å². The SMILES string of the molecule is Cc1ccc2c(c1)N(N)CCC2. The third-order valence-electron chi connectivity index (χ3n) is 2.40. The van der Waals surface area contributed by atoms with Crippen molar-refractivity contribution in [3.05, 3.63) is 29.3 Å². The molecule has 1 heterocycles. The highest BCUT2D eigenvalue weighted by molar-refractivity contribution is 5.55. The molecule has 0 radical (unpaired) electrons. The number of nitrogens with two attached hydrogens (primary N) is 1. The first-order chi connectivity index (χ1) is 5.77. The average molecular weight is 162 g/mol. The van der Waals surface area contributed by atoms with E-state index in [0.29, 0.717) is 0 Å². The molecular weight excluding hydrogens is 148 g/mol. The summed E-state index contributed by atoms with van der Waals surface area (Å²) < 4.78 is 0. The highest BCUT2D eigenvalue weighted by Gasteiger charge is 2.12. The van der Waals surface area contributed by atoms with Crippen LogP contribution in [0.5, 0.6) is 0 Å². The maximum Gasteiger partial charge on any atom is 0.0551 e. The van der Waals surface area contributed by atoms with E-state index in [4.69, 9.17) is 5.84 Å². The molecule has 1 aromatic rings. The largest absolute Gasteiger partial charge is 0.311 e. The van der Waals surface area contributed by atoms with Gasteiger partial charge in [0.2, 0.25) is 0 Å². The molecule has 0 unspecified atom stereocenters. The summed E-state index contributed by atoms with van der Waals surface area (Å²) in [4.78, 5) is 0. The Morgan fingerprint density at radius 2 is 2.25 bits per heavy atom. The fourth-order valence-electron chi connectivity index (χ4n) is 1.71. The van der Waals surface area contributed by atoms with Crippen molar-refractivity contribution < 1.29 is 0 Å². The first kappa shape index (κ1) is 7.62. The summed E-state index contributed by atoms with van der Waals surface area (Å²) in [7, 11) is 0. The molecule has 64 valence electrons. The Morgan fingerprint density at radius 3 is 3.08 bits per heavy atom. The van der Waals surface area contributed by atoms with Crippen molar-refractivity contribution in [1.29, 1.82) is 0 Å². The van der Waals surface area contributed by atoms with Crippen molar-refractivity contribution in [3.8, 4) is 0 Å². The molecule has 0 saturated heterocycles. The van der Waals surface area contributed by atoms with Gasteiger partial charge in [-0.15, -0.1) is 0 Å². The third kappa shape index (κ3) is 1.18. The topological polar surface area (TPSA) is 29.3 Å². The fraction of sp³-hybridized carbons (Fsp3) is 0.400. The first-order valence-electron chi connectivity index (χ1n) is 4.39. The number of benzene rings is 1. The van der Waals surface area contributed by atoms with Gasteiger partial charge in [-0.1, -0.05) is 12.1 Å². The summed E-state index contributed by atoms with van der Waals surface area (Å²) in [6.45, 7) is 3.08. The lowest BCUT2D eigenvalue weighted by Gasteiger charge is -2.26. The lowest BCUT2D eigenvalue weighted by atomic mass is 10.0. The summed E-state index contributed by atoms with van der Waals surface area (Å²) in [6.07, 6.45) is 2.34. The minimum Gasteiger partial charge on any atom is -0.311 e. The zero-order chi connectivity index (χ0) is 8.55. The molecule has 1 aliphatic rings. The predicted octanol–water partition coefficient (Wildman–Crippen LogP) is 1.62. The summed E-state index contributed by atoms with van der Waals surface area (Å²) >= 11 is 0. The molecule has 1 aliphatic heterocycles. The first-order valence-corrected chi connectivity index (χ1v) is 4.39. The van der Waals surface area contributed by atoms with E-state index in [-0.39, 0.29) is 0 Å². The maximum absolute atomic E-state index is 5.85. The zero-order valence-corrected chi connectivity index (χ0v) is 7.38. The molecule has 1 aromatic carbocycles. The lowest BCUT2D eigenvalue weighted by molar-refractivity contribution is 0.713. The quantitative estimate of drug-likeness (QED) is 0.587. The van der Waals surface area contributed by atoms with Crippen LogP contribution >= 0.6 is 0 Å². The van der Waals surface area contributed by atoms with E-state index < -0.39 is 0 Å². The average Bonchev–Trinajstić information content (AvgIpc) is 2.07. The molecule has 0 amide bonds. The highest BCUT2D eigenvalue weighted by Crippen LogP contribution is 2.25. The van der Waals surface area contributed by atoms with Crippen LogP contribution in [0.25, 0.3) is 0 Å². The Bertz CT molecular complexity index is 294. The molecule has 0 fully saturated rings. The maximum atomic E-state index is 5.85. The molecule has 2 rings (SSSR count). The van der Waals surface area contributed by atoms with Crippen molar-refractivity contribution in [1.82, 2.24) is 0 Å². The van der Waals surface area contributed by atoms with Gasteiger partial charge in [0.25, 0.3) is 0 Å². The Labute approximate surface area is 73.0 Å². The van der Waals surface area contributed by atoms with Crippen LogP contribution in [-0.2, 0) is 6.42 Å². The van der Waals surface area contributed by atoms with Crippen LogP contribution in [0.3, 0.4) is 0 Å². The van der Waals surface area contributed by atoms with Crippen LogP contribution in [0.4, 0.5) is 5.69 Å². The van der Waals surface area contributed by atoms with E-state index in [2.05, 4.69) is 25.1 Å².